The molecule has 6 aromatic rings. The molecule has 0 amide bonds. The van der Waals surface area contributed by atoms with Crippen LogP contribution in [0.3, 0.4) is 0 Å². The van der Waals surface area contributed by atoms with Gasteiger partial charge in [-0.3, -0.25) is 0 Å². The zero-order valence-electron chi connectivity index (χ0n) is 33.5. The second kappa shape index (κ2) is 14.4. The first-order valence-electron chi connectivity index (χ1n) is 20.6. The van der Waals surface area contributed by atoms with Crippen LogP contribution in [0.2, 0.25) is 0 Å². The van der Waals surface area contributed by atoms with E-state index in [1.54, 1.807) is 0 Å². The Morgan fingerprint density at radius 2 is 0.946 bits per heavy atom. The Kier molecular flexibility index (Phi) is 9.77. The summed E-state index contributed by atoms with van der Waals surface area (Å²) in [5, 5.41) is 2.97. The predicted octanol–water partition coefficient (Wildman–Crippen LogP) is 12.7. The van der Waals surface area contributed by atoms with Crippen molar-refractivity contribution >= 4 is 52.3 Å². The minimum absolute atomic E-state index is 0.0940. The molecule has 56 heavy (non-hydrogen) atoms. The third-order valence-electron chi connectivity index (χ3n) is 13.8. The Balaban J connectivity index is 1.40. The van der Waals surface area contributed by atoms with Gasteiger partial charge in [-0.25, -0.2) is 0 Å². The van der Waals surface area contributed by atoms with E-state index in [-0.39, 0.29) is 7.25 Å². The van der Waals surface area contributed by atoms with Gasteiger partial charge in [-0.15, -0.1) is 0 Å². The molecule has 3 aliphatic rings. The molecule has 0 bridgehead atoms. The van der Waals surface area contributed by atoms with Crippen LogP contribution in [0.1, 0.15) is 81.2 Å². The maximum atomic E-state index is 9.38. The van der Waals surface area contributed by atoms with Crippen molar-refractivity contribution in [3.05, 3.63) is 172 Å². The van der Waals surface area contributed by atoms with Crippen molar-refractivity contribution in [3.8, 4) is 33.4 Å². The topological polar surface area (TPSA) is 0 Å². The summed E-state index contributed by atoms with van der Waals surface area (Å²) in [6, 6.07) is 47.7. The van der Waals surface area contributed by atoms with E-state index in [0.29, 0.717) is 11.8 Å². The SMILES string of the molecule is CCC(C)C1=Cc2c(-c3ccccc3C)cccc2[CH]1[Zr]([Cl])([Cl])([c]1cccc2c1[SiH2]c1ccccc1-2)[CH]1C(C(C)CC)=Cc2c(-c3ccccc3C)cccc21. The van der Waals surface area contributed by atoms with E-state index in [0.717, 1.165) is 12.8 Å². The first-order chi connectivity index (χ1) is 27.1. The molecule has 0 radical (unpaired) electrons. The molecule has 4 atom stereocenters. The Bertz CT molecular complexity index is 2480. The van der Waals surface area contributed by atoms with Gasteiger partial charge in [0.15, 0.2) is 0 Å². The number of benzene rings is 6. The van der Waals surface area contributed by atoms with Crippen LogP contribution in [0, 0.1) is 25.7 Å². The molecule has 4 unspecified atom stereocenters. The zero-order valence-corrected chi connectivity index (χ0v) is 38.8. The van der Waals surface area contributed by atoms with Crippen LogP contribution < -0.4 is 13.6 Å². The van der Waals surface area contributed by atoms with E-state index < -0.39 is 25.9 Å². The fraction of sp³-hybridized carbons (Fsp3) is 0.231. The van der Waals surface area contributed by atoms with E-state index in [1.807, 2.05) is 0 Å². The molecule has 0 fully saturated rings. The third kappa shape index (κ3) is 5.68. The second-order valence-electron chi connectivity index (χ2n) is 16.8. The van der Waals surface area contributed by atoms with Gasteiger partial charge in [0.2, 0.25) is 0 Å². The van der Waals surface area contributed by atoms with Crippen molar-refractivity contribution in [3.63, 3.8) is 0 Å². The molecule has 281 valence electrons. The summed E-state index contributed by atoms with van der Waals surface area (Å²) < 4.78 is 1.11. The summed E-state index contributed by atoms with van der Waals surface area (Å²) in [5.41, 5.74) is 18.5. The standard InChI is InChI=1S/2C20H21.C12H9Si.2ClH.Zr/c2*1-4-14(2)17-12-16-9-7-11-19(20(16)13-17)18-10-6-5-8-15(18)3;1-3-7-11-9(5-1)10-6-2-4-8-12(10)13-11;;;/h2*5-14H,4H2,1-3H3;1-7H,13H2;2*1H;/q;;;;;+2/p-2. The summed E-state index contributed by atoms with van der Waals surface area (Å²) >= 11 is -5.65. The zero-order chi connectivity index (χ0) is 39.0. The number of fused-ring (bicyclic) bond motifs is 5. The first-order valence-corrected chi connectivity index (χ1v) is 32.5. The van der Waals surface area contributed by atoms with Gasteiger partial charge in [0.1, 0.15) is 0 Å². The van der Waals surface area contributed by atoms with Gasteiger partial charge in [-0.1, -0.05) is 0 Å². The quantitative estimate of drug-likeness (QED) is 0.127. The fourth-order valence-corrected chi connectivity index (χ4v) is 38.7. The van der Waals surface area contributed by atoms with Crippen LogP contribution in [0.15, 0.2) is 139 Å². The maximum absolute atomic E-state index is 9.38. The number of hydrogen-bond donors (Lipinski definition) is 0. The van der Waals surface area contributed by atoms with Gasteiger partial charge in [0, 0.05) is 0 Å². The van der Waals surface area contributed by atoms with Crippen molar-refractivity contribution in [1.82, 2.24) is 0 Å². The van der Waals surface area contributed by atoms with Crippen molar-refractivity contribution in [2.75, 3.05) is 0 Å². The van der Waals surface area contributed by atoms with Crippen molar-refractivity contribution < 1.29 is 16.4 Å². The molecule has 6 aromatic carbocycles. The number of halogens is 2. The molecule has 2 aliphatic carbocycles. The van der Waals surface area contributed by atoms with Gasteiger partial charge in [0.25, 0.3) is 0 Å². The average Bonchev–Trinajstić information content (AvgIpc) is 3.93. The molecule has 0 nitrogen and oxygen atoms in total. The van der Waals surface area contributed by atoms with Gasteiger partial charge < -0.3 is 0 Å². The molecule has 0 N–H and O–H groups in total. The summed E-state index contributed by atoms with van der Waals surface area (Å²) in [4.78, 5) is 0. The second-order valence-corrected chi connectivity index (χ2v) is 39.3. The van der Waals surface area contributed by atoms with E-state index in [1.165, 1.54) is 91.6 Å². The van der Waals surface area contributed by atoms with Gasteiger partial charge >= 0.3 is 348 Å². The molecule has 9 rings (SSSR count). The van der Waals surface area contributed by atoms with Crippen molar-refractivity contribution in [2.24, 2.45) is 11.8 Å². The van der Waals surface area contributed by atoms with Gasteiger partial charge in [-0.05, 0) is 0 Å². The summed E-state index contributed by atoms with van der Waals surface area (Å²) in [7, 11) is 17.9. The van der Waals surface area contributed by atoms with Crippen LogP contribution in [0.25, 0.3) is 45.5 Å². The molecule has 0 aromatic heterocycles. The normalized spacial score (nSPS) is 19.0. The Morgan fingerprint density at radius 1 is 0.518 bits per heavy atom. The fourth-order valence-electron chi connectivity index (χ4n) is 10.7. The van der Waals surface area contributed by atoms with E-state index in [4.69, 9.17) is 0 Å². The van der Waals surface area contributed by atoms with Crippen LogP contribution in [-0.2, 0) is 16.4 Å². The molecule has 0 saturated heterocycles. The summed E-state index contributed by atoms with van der Waals surface area (Å²) in [6.45, 7) is 13.9. The number of aryl methyl sites for hydroxylation is 2. The number of hydrogen-bond acceptors (Lipinski definition) is 0. The number of rotatable bonds is 9. The molecule has 1 heterocycles. The molecule has 0 spiro atoms. The van der Waals surface area contributed by atoms with Crippen LogP contribution in [0.4, 0.5) is 0 Å². The molecule has 4 heteroatoms. The van der Waals surface area contributed by atoms with Gasteiger partial charge in [0.05, 0.1) is 0 Å². The van der Waals surface area contributed by atoms with Crippen LogP contribution in [-0.4, -0.2) is 9.52 Å². The van der Waals surface area contributed by atoms with E-state index in [9.17, 15) is 17.0 Å². The van der Waals surface area contributed by atoms with Crippen LogP contribution in [0.5, 0.6) is 0 Å². The van der Waals surface area contributed by atoms with Crippen LogP contribution >= 0.6 is 17.0 Å². The van der Waals surface area contributed by atoms with E-state index >= 15 is 0 Å². The number of allylic oxidation sites excluding steroid dienone is 2. The minimum atomic E-state index is -5.65. The van der Waals surface area contributed by atoms with Crippen molar-refractivity contribution in [2.45, 2.75) is 61.6 Å². The first kappa shape index (κ1) is 38.0. The Labute approximate surface area is 344 Å². The molecular formula is C52H51Cl2SiZr. The predicted molar refractivity (Wildman–Crippen MR) is 245 cm³/mol. The van der Waals surface area contributed by atoms with E-state index in [2.05, 4.69) is 181 Å². The third-order valence-corrected chi connectivity index (χ3v) is 36.5. The Morgan fingerprint density at radius 3 is 1.45 bits per heavy atom. The van der Waals surface area contributed by atoms with Crippen molar-refractivity contribution in [1.29, 1.82) is 0 Å². The molecular weight excluding hydrogens is 815 g/mol. The average molecular weight is 866 g/mol. The molecule has 1 aliphatic heterocycles. The summed E-state index contributed by atoms with van der Waals surface area (Å²) in [6.07, 6.45) is 7.12. The summed E-state index contributed by atoms with van der Waals surface area (Å²) in [5.74, 6) is 0.618. The van der Waals surface area contributed by atoms with Gasteiger partial charge in [-0.2, -0.15) is 0 Å². The molecule has 0 saturated carbocycles. The monoisotopic (exact) mass is 863 g/mol. The Hall–Kier alpha value is -3.52.